The van der Waals surface area contributed by atoms with Gasteiger partial charge in [0.05, 0.1) is 5.56 Å². The highest BCUT2D eigenvalue weighted by Crippen LogP contribution is 2.38. The van der Waals surface area contributed by atoms with Crippen LogP contribution in [0.4, 0.5) is 5.69 Å². The minimum absolute atomic E-state index is 0.0930. The number of amides is 1. The number of aromatic nitrogens is 3. The fourth-order valence-corrected chi connectivity index (χ4v) is 2.72. The van der Waals surface area contributed by atoms with E-state index < -0.39 is 0 Å². The molecule has 7 heteroatoms. The van der Waals surface area contributed by atoms with Crippen molar-refractivity contribution in [2.45, 2.75) is 32.2 Å². The van der Waals surface area contributed by atoms with E-state index >= 15 is 0 Å². The molecule has 1 aliphatic rings. The van der Waals surface area contributed by atoms with Gasteiger partial charge in [-0.2, -0.15) is 4.98 Å². The normalized spacial score (nSPS) is 13.6. The van der Waals surface area contributed by atoms with Gasteiger partial charge in [-0.1, -0.05) is 17.3 Å². The minimum atomic E-state index is -0.279. The third-order valence-corrected chi connectivity index (χ3v) is 4.23. The van der Waals surface area contributed by atoms with Crippen molar-refractivity contribution in [3.8, 4) is 11.5 Å². The van der Waals surface area contributed by atoms with Crippen molar-refractivity contribution < 1.29 is 9.32 Å². The van der Waals surface area contributed by atoms with Crippen molar-refractivity contribution >= 4 is 11.6 Å². The number of pyridine rings is 1. The van der Waals surface area contributed by atoms with Crippen LogP contribution in [-0.4, -0.2) is 20.6 Å². The zero-order chi connectivity index (χ0) is 18.1. The molecule has 132 valence electrons. The summed E-state index contributed by atoms with van der Waals surface area (Å²) in [6.07, 6.45) is 3.73. The Morgan fingerprint density at radius 1 is 1.31 bits per heavy atom. The number of hydrogen-bond acceptors (Lipinski definition) is 5. The van der Waals surface area contributed by atoms with Gasteiger partial charge < -0.3 is 14.4 Å². The van der Waals surface area contributed by atoms with Crippen molar-refractivity contribution in [2.75, 3.05) is 5.32 Å². The quantitative estimate of drug-likeness (QED) is 0.764. The molecule has 1 aliphatic carbocycles. The molecule has 0 atom stereocenters. The Morgan fingerprint density at radius 3 is 2.92 bits per heavy atom. The van der Waals surface area contributed by atoms with E-state index in [4.69, 9.17) is 4.52 Å². The van der Waals surface area contributed by atoms with Crippen LogP contribution in [0.15, 0.2) is 51.9 Å². The van der Waals surface area contributed by atoms with Gasteiger partial charge in [0.25, 0.3) is 11.4 Å². The van der Waals surface area contributed by atoms with Crippen LogP contribution in [0.2, 0.25) is 0 Å². The van der Waals surface area contributed by atoms with Gasteiger partial charge in [-0.15, -0.1) is 0 Å². The second-order valence-corrected chi connectivity index (χ2v) is 6.53. The maximum atomic E-state index is 12.3. The molecule has 1 fully saturated rings. The predicted octanol–water partition coefficient (Wildman–Crippen LogP) is 2.72. The first kappa shape index (κ1) is 16.3. The summed E-state index contributed by atoms with van der Waals surface area (Å²) in [5, 5.41) is 6.77. The van der Waals surface area contributed by atoms with Gasteiger partial charge >= 0.3 is 0 Å². The van der Waals surface area contributed by atoms with E-state index in [0.717, 1.165) is 18.4 Å². The van der Waals surface area contributed by atoms with Crippen LogP contribution in [0.1, 0.15) is 30.1 Å². The van der Waals surface area contributed by atoms with Gasteiger partial charge in [0.1, 0.15) is 6.54 Å². The van der Waals surface area contributed by atoms with Crippen LogP contribution < -0.4 is 10.9 Å². The van der Waals surface area contributed by atoms with Gasteiger partial charge in [-0.05, 0) is 43.5 Å². The summed E-state index contributed by atoms with van der Waals surface area (Å²) in [4.78, 5) is 28.7. The van der Waals surface area contributed by atoms with E-state index in [9.17, 15) is 9.59 Å². The number of nitrogens with zero attached hydrogens (tertiary/aromatic N) is 3. The lowest BCUT2D eigenvalue weighted by Gasteiger charge is -2.08. The summed E-state index contributed by atoms with van der Waals surface area (Å²) in [6.45, 7) is 1.86. The van der Waals surface area contributed by atoms with Crippen LogP contribution in [0.5, 0.6) is 0 Å². The molecular formula is C19H18N4O3. The molecule has 0 spiro atoms. The summed E-state index contributed by atoms with van der Waals surface area (Å²) >= 11 is 0. The number of nitrogens with one attached hydrogen (secondary N) is 1. The van der Waals surface area contributed by atoms with Gasteiger partial charge in [0.2, 0.25) is 5.91 Å². The summed E-state index contributed by atoms with van der Waals surface area (Å²) in [7, 11) is 0. The third kappa shape index (κ3) is 3.56. The highest BCUT2D eigenvalue weighted by Gasteiger charge is 2.29. The van der Waals surface area contributed by atoms with Crippen LogP contribution in [0.3, 0.4) is 0 Å². The molecule has 0 unspecified atom stereocenters. The number of benzene rings is 1. The Labute approximate surface area is 149 Å². The first-order valence-corrected chi connectivity index (χ1v) is 8.49. The molecule has 4 rings (SSSR count). The molecule has 0 radical (unpaired) electrons. The Morgan fingerprint density at radius 2 is 2.15 bits per heavy atom. The zero-order valence-corrected chi connectivity index (χ0v) is 14.3. The Bertz CT molecular complexity index is 1020. The van der Waals surface area contributed by atoms with Crippen molar-refractivity contribution in [1.82, 2.24) is 14.7 Å². The summed E-state index contributed by atoms with van der Waals surface area (Å²) in [5.41, 5.74) is 2.09. The Hall–Kier alpha value is -3.22. The van der Waals surface area contributed by atoms with E-state index in [0.29, 0.717) is 28.9 Å². The third-order valence-electron chi connectivity index (χ3n) is 4.23. The topological polar surface area (TPSA) is 90.0 Å². The maximum absolute atomic E-state index is 12.3. The molecular weight excluding hydrogens is 332 g/mol. The maximum Gasteiger partial charge on any atom is 0.259 e. The Kier molecular flexibility index (Phi) is 4.12. The average Bonchev–Trinajstić information content (AvgIpc) is 3.34. The highest BCUT2D eigenvalue weighted by atomic mass is 16.5. The molecule has 1 saturated carbocycles. The van der Waals surface area contributed by atoms with Gasteiger partial charge in [0.15, 0.2) is 5.82 Å². The number of hydrogen-bond donors (Lipinski definition) is 1. The summed E-state index contributed by atoms with van der Waals surface area (Å²) in [6, 6.07) is 10.5. The number of aryl methyl sites for hydroxylation is 1. The van der Waals surface area contributed by atoms with E-state index in [-0.39, 0.29) is 18.0 Å². The van der Waals surface area contributed by atoms with Gasteiger partial charge in [-0.25, -0.2) is 0 Å². The van der Waals surface area contributed by atoms with E-state index in [1.807, 2.05) is 31.2 Å². The van der Waals surface area contributed by atoms with E-state index in [1.165, 1.54) is 10.6 Å². The SMILES string of the molecule is Cc1cccc(NC(=O)Cn2cc(-c3nc(C4CC4)no3)ccc2=O)c1. The van der Waals surface area contributed by atoms with Crippen molar-refractivity contribution in [3.63, 3.8) is 0 Å². The molecule has 26 heavy (non-hydrogen) atoms. The second kappa shape index (κ2) is 6.59. The highest BCUT2D eigenvalue weighted by molar-refractivity contribution is 5.90. The standard InChI is InChI=1S/C19H18N4O3/c1-12-3-2-4-15(9-12)20-16(24)11-23-10-14(7-8-17(23)25)19-21-18(22-26-19)13-5-6-13/h2-4,7-10,13H,5-6,11H2,1H3,(H,20,24). The predicted molar refractivity (Wildman–Crippen MR) is 95.8 cm³/mol. The molecule has 1 aromatic carbocycles. The number of carbonyl (C=O) groups is 1. The smallest absolute Gasteiger partial charge is 0.259 e. The van der Waals surface area contributed by atoms with E-state index in [1.54, 1.807) is 12.3 Å². The summed E-state index contributed by atoms with van der Waals surface area (Å²) in [5.74, 6) is 1.17. The first-order chi connectivity index (χ1) is 12.6. The fraction of sp³-hybridized carbons (Fsp3) is 0.263. The number of carbonyl (C=O) groups excluding carboxylic acids is 1. The van der Waals surface area contributed by atoms with Crippen molar-refractivity contribution in [3.05, 3.63) is 64.3 Å². The zero-order valence-electron chi connectivity index (χ0n) is 14.3. The monoisotopic (exact) mass is 350 g/mol. The van der Waals surface area contributed by atoms with Crippen LogP contribution in [-0.2, 0) is 11.3 Å². The molecule has 2 heterocycles. The second-order valence-electron chi connectivity index (χ2n) is 6.53. The van der Waals surface area contributed by atoms with E-state index in [2.05, 4.69) is 15.5 Å². The molecule has 7 nitrogen and oxygen atoms in total. The molecule has 0 saturated heterocycles. The molecule has 0 aliphatic heterocycles. The molecule has 0 bridgehead atoms. The van der Waals surface area contributed by atoms with Crippen molar-refractivity contribution in [1.29, 1.82) is 0 Å². The molecule has 2 aromatic heterocycles. The van der Waals surface area contributed by atoms with Crippen LogP contribution >= 0.6 is 0 Å². The molecule has 1 N–H and O–H groups in total. The van der Waals surface area contributed by atoms with Crippen LogP contribution in [0, 0.1) is 6.92 Å². The summed E-state index contributed by atoms with van der Waals surface area (Å²) < 4.78 is 6.62. The van der Waals surface area contributed by atoms with Gasteiger partial charge in [0, 0.05) is 23.9 Å². The lowest BCUT2D eigenvalue weighted by atomic mass is 10.2. The first-order valence-electron chi connectivity index (χ1n) is 8.49. The van der Waals surface area contributed by atoms with Gasteiger partial charge in [-0.3, -0.25) is 9.59 Å². The molecule has 3 aromatic rings. The number of rotatable bonds is 5. The lowest BCUT2D eigenvalue weighted by Crippen LogP contribution is -2.26. The number of anilines is 1. The average molecular weight is 350 g/mol. The largest absolute Gasteiger partial charge is 0.334 e. The lowest BCUT2D eigenvalue weighted by molar-refractivity contribution is -0.116. The van der Waals surface area contributed by atoms with Crippen LogP contribution in [0.25, 0.3) is 11.5 Å². The Balaban J connectivity index is 1.52. The minimum Gasteiger partial charge on any atom is -0.334 e. The van der Waals surface area contributed by atoms with Crippen molar-refractivity contribution in [2.24, 2.45) is 0 Å². The molecule has 1 amide bonds. The fourth-order valence-electron chi connectivity index (χ4n) is 2.72.